The molecule has 3 aromatic heterocycles. The van der Waals surface area contributed by atoms with Crippen LogP contribution in [-0.4, -0.2) is 34.8 Å². The minimum atomic E-state index is 0.829. The van der Waals surface area contributed by atoms with E-state index in [2.05, 4.69) is 184 Å². The topological polar surface area (TPSA) is 66.4 Å². The van der Waals surface area contributed by atoms with E-state index in [0.717, 1.165) is 114 Å². The summed E-state index contributed by atoms with van der Waals surface area (Å²) >= 11 is 0. The van der Waals surface area contributed by atoms with Crippen LogP contribution in [0.15, 0.2) is 128 Å². The van der Waals surface area contributed by atoms with Crippen molar-refractivity contribution < 1.29 is 14.2 Å². The predicted molar refractivity (Wildman–Crippen MR) is 361 cm³/mol. The fourth-order valence-electron chi connectivity index (χ4n) is 10.3. The third kappa shape index (κ3) is 35.1. The van der Waals surface area contributed by atoms with Crippen LogP contribution in [0, 0.1) is 0 Å². The Morgan fingerprint density at radius 3 is 0.679 bits per heavy atom. The van der Waals surface area contributed by atoms with Gasteiger partial charge in [0.1, 0.15) is 17.2 Å². The van der Waals surface area contributed by atoms with Gasteiger partial charge < -0.3 is 14.2 Å². The molecule has 6 rings (SSSR count). The van der Waals surface area contributed by atoms with Gasteiger partial charge >= 0.3 is 0 Å². The zero-order chi connectivity index (χ0) is 59.6. The van der Waals surface area contributed by atoms with Gasteiger partial charge in [0.2, 0.25) is 0 Å². The van der Waals surface area contributed by atoms with E-state index in [1.54, 1.807) is 0 Å². The van der Waals surface area contributed by atoms with Gasteiger partial charge in [-0.15, -0.1) is 0 Å². The molecule has 3 aromatic carbocycles. The van der Waals surface area contributed by atoms with Crippen molar-refractivity contribution >= 4 is 0 Å². The molecule has 462 valence electrons. The third-order valence-electron chi connectivity index (χ3n) is 15.9. The number of hydrogen-bond acceptors (Lipinski definition) is 6. The third-order valence-corrected chi connectivity index (χ3v) is 15.9. The van der Waals surface area contributed by atoms with Crippen molar-refractivity contribution in [3.63, 3.8) is 0 Å². The molecule has 0 bridgehead atoms. The van der Waals surface area contributed by atoms with E-state index in [4.69, 9.17) is 14.2 Å². The Morgan fingerprint density at radius 2 is 0.429 bits per heavy atom. The summed E-state index contributed by atoms with van der Waals surface area (Å²) in [6.45, 7) is 16.0. The maximum atomic E-state index is 5.88. The average molecular weight is 1140 g/mol. The maximum absolute atomic E-state index is 5.88. The van der Waals surface area contributed by atoms with Gasteiger partial charge in [-0.05, 0) is 184 Å². The Kier molecular flexibility index (Phi) is 41.2. The largest absolute Gasteiger partial charge is 0.494 e. The lowest BCUT2D eigenvalue weighted by Gasteiger charge is -2.08. The molecule has 0 radical (unpaired) electrons. The number of benzene rings is 3. The van der Waals surface area contributed by atoms with Crippen LogP contribution >= 0.6 is 0 Å². The summed E-state index contributed by atoms with van der Waals surface area (Å²) in [4.78, 5) is 13.9. The smallest absolute Gasteiger partial charge is 0.119 e. The van der Waals surface area contributed by atoms with Crippen molar-refractivity contribution in [2.75, 3.05) is 19.8 Å². The van der Waals surface area contributed by atoms with Gasteiger partial charge in [-0.3, -0.25) is 15.0 Å². The van der Waals surface area contributed by atoms with E-state index < -0.39 is 0 Å². The van der Waals surface area contributed by atoms with Crippen molar-refractivity contribution in [1.82, 2.24) is 15.0 Å². The Labute approximate surface area is 514 Å². The lowest BCUT2D eigenvalue weighted by Crippen LogP contribution is -1.98. The molecule has 0 aliphatic heterocycles. The minimum absolute atomic E-state index is 0.829. The van der Waals surface area contributed by atoms with Crippen LogP contribution in [0.4, 0.5) is 0 Å². The highest BCUT2D eigenvalue weighted by Gasteiger charge is 2.05. The maximum Gasteiger partial charge on any atom is 0.119 e. The molecule has 84 heavy (non-hydrogen) atoms. The standard InChI is InChI=1S/C27H41NO.C26H39NO.C25H37NO/c1-3-5-7-9-10-12-22-29-27-20-17-24(18-21-27)14-15-25-16-19-26(28-23-25)13-11-8-6-4-2;1-3-5-7-9-11-21-28-26-19-16-23(17-20-26)13-14-24-15-18-25(27-22-24)12-10-8-6-4-2;1-3-5-7-9-11-24-17-14-23(21-26-24)13-12-22-15-18-25(19-16-22)27-20-10-8-6-4-2/h16-21,23H,3-15,22H2,1-2H3;15-20,22H,3-14,21H2,1-2H3;14-19,21H,3-13,20H2,1-2H3. The second-order valence-electron chi connectivity index (χ2n) is 23.6. The number of hydrogen-bond donors (Lipinski definition) is 0. The van der Waals surface area contributed by atoms with Gasteiger partial charge in [0, 0.05) is 35.7 Å². The van der Waals surface area contributed by atoms with E-state index >= 15 is 0 Å². The van der Waals surface area contributed by atoms with Crippen LogP contribution < -0.4 is 14.2 Å². The van der Waals surface area contributed by atoms with Gasteiger partial charge in [0.05, 0.1) is 19.8 Å². The number of ether oxygens (including phenoxy) is 3. The number of aromatic nitrogens is 3. The molecular weight excluding hydrogens is 1030 g/mol. The molecule has 0 unspecified atom stereocenters. The summed E-state index contributed by atoms with van der Waals surface area (Å²) in [7, 11) is 0. The summed E-state index contributed by atoms with van der Waals surface area (Å²) in [6.07, 6.45) is 50.6. The van der Waals surface area contributed by atoms with E-state index in [1.165, 1.54) is 205 Å². The molecule has 0 amide bonds. The normalized spacial score (nSPS) is 10.9. The van der Waals surface area contributed by atoms with Crippen LogP contribution in [-0.2, 0) is 57.8 Å². The Bertz CT molecular complexity index is 2400. The van der Waals surface area contributed by atoms with Crippen molar-refractivity contribution in [3.05, 3.63) is 178 Å². The van der Waals surface area contributed by atoms with Crippen molar-refractivity contribution in [1.29, 1.82) is 0 Å². The molecule has 0 spiro atoms. The first-order valence-electron chi connectivity index (χ1n) is 34.4. The van der Waals surface area contributed by atoms with Crippen LogP contribution in [0.1, 0.15) is 265 Å². The first-order valence-corrected chi connectivity index (χ1v) is 34.4. The Hall–Kier alpha value is -5.49. The van der Waals surface area contributed by atoms with Crippen LogP contribution in [0.25, 0.3) is 0 Å². The molecule has 0 fully saturated rings. The highest BCUT2D eigenvalue weighted by Crippen LogP contribution is 2.20. The first kappa shape index (κ1) is 71.0. The number of nitrogens with zero attached hydrogens (tertiary/aromatic N) is 3. The summed E-state index contributed by atoms with van der Waals surface area (Å²) in [5.41, 5.74) is 11.7. The van der Waals surface area contributed by atoms with Gasteiger partial charge in [0.25, 0.3) is 0 Å². The second kappa shape index (κ2) is 48.7. The van der Waals surface area contributed by atoms with Gasteiger partial charge in [0.15, 0.2) is 0 Å². The van der Waals surface area contributed by atoms with E-state index in [9.17, 15) is 0 Å². The van der Waals surface area contributed by atoms with Gasteiger partial charge in [-0.2, -0.15) is 0 Å². The fourth-order valence-corrected chi connectivity index (χ4v) is 10.3. The Balaban J connectivity index is 0.000000270. The highest BCUT2D eigenvalue weighted by molar-refractivity contribution is 5.30. The van der Waals surface area contributed by atoms with Gasteiger partial charge in [-0.1, -0.05) is 231 Å². The molecule has 6 heteroatoms. The molecule has 0 saturated heterocycles. The van der Waals surface area contributed by atoms with Crippen molar-refractivity contribution in [2.45, 2.75) is 273 Å². The number of aryl methyl sites for hydroxylation is 9. The van der Waals surface area contributed by atoms with E-state index in [1.807, 2.05) is 0 Å². The number of unbranched alkanes of at least 4 members (excludes halogenated alkanes) is 21. The lowest BCUT2D eigenvalue weighted by atomic mass is 10.0. The quantitative estimate of drug-likeness (QED) is 0.0355. The number of pyridine rings is 3. The highest BCUT2D eigenvalue weighted by atomic mass is 16.5. The summed E-state index contributed by atoms with van der Waals surface area (Å²) in [5.74, 6) is 2.98. The predicted octanol–water partition coefficient (Wildman–Crippen LogP) is 22.0. The molecule has 6 nitrogen and oxygen atoms in total. The summed E-state index contributed by atoms with van der Waals surface area (Å²) in [5, 5.41) is 0. The first-order chi connectivity index (χ1) is 41.4. The second-order valence-corrected chi connectivity index (χ2v) is 23.6. The Morgan fingerprint density at radius 1 is 0.214 bits per heavy atom. The molecular formula is C78H117N3O3. The van der Waals surface area contributed by atoms with Crippen LogP contribution in [0.2, 0.25) is 0 Å². The molecule has 0 atom stereocenters. The lowest BCUT2D eigenvalue weighted by molar-refractivity contribution is 0.304. The number of rotatable bonds is 45. The summed E-state index contributed by atoms with van der Waals surface area (Å²) < 4.78 is 17.6. The van der Waals surface area contributed by atoms with Crippen LogP contribution in [0.5, 0.6) is 17.2 Å². The molecule has 6 aromatic rings. The molecule has 0 saturated carbocycles. The zero-order valence-corrected chi connectivity index (χ0v) is 54.3. The zero-order valence-electron chi connectivity index (χ0n) is 54.3. The monoisotopic (exact) mass is 1140 g/mol. The van der Waals surface area contributed by atoms with E-state index in [0.29, 0.717) is 0 Å². The summed E-state index contributed by atoms with van der Waals surface area (Å²) in [6, 6.07) is 39.2. The van der Waals surface area contributed by atoms with Crippen molar-refractivity contribution in [3.8, 4) is 17.2 Å². The molecule has 3 heterocycles. The van der Waals surface area contributed by atoms with Gasteiger partial charge in [-0.25, -0.2) is 0 Å². The SMILES string of the molecule is CCCCCCCCOc1ccc(CCc2ccc(CCCCCC)nc2)cc1.CCCCCCCOc1ccc(CCc2ccc(CCCCCC)nc2)cc1.CCCCCCOc1ccc(CCc2ccc(CCCCCC)nc2)cc1. The van der Waals surface area contributed by atoms with Crippen LogP contribution in [0.3, 0.4) is 0 Å². The fraction of sp³-hybridized carbons (Fsp3) is 0.577. The molecule has 0 N–H and O–H groups in total. The molecule has 0 aliphatic rings. The van der Waals surface area contributed by atoms with Crippen molar-refractivity contribution in [2.24, 2.45) is 0 Å². The minimum Gasteiger partial charge on any atom is -0.494 e. The molecule has 0 aliphatic carbocycles. The average Bonchev–Trinajstić information content (AvgIpc) is 3.53. The van der Waals surface area contributed by atoms with E-state index in [-0.39, 0.29) is 0 Å².